The SMILES string of the molecule is C/C=C/C(N)C(OC)C(=O)O. The number of hydrogen-bond acceptors (Lipinski definition) is 3. The van der Waals surface area contributed by atoms with E-state index >= 15 is 0 Å². The first kappa shape index (κ1) is 10.1. The number of hydrogen-bond donors (Lipinski definition) is 2. The van der Waals surface area contributed by atoms with Gasteiger partial charge in [-0.3, -0.25) is 0 Å². The Bertz CT molecular complexity index is 156. The number of rotatable bonds is 4. The van der Waals surface area contributed by atoms with Crippen molar-refractivity contribution in [2.24, 2.45) is 5.73 Å². The van der Waals surface area contributed by atoms with E-state index in [9.17, 15) is 4.79 Å². The van der Waals surface area contributed by atoms with E-state index < -0.39 is 18.1 Å². The molecule has 0 radical (unpaired) electrons. The molecule has 0 spiro atoms. The third kappa shape index (κ3) is 3.15. The standard InChI is InChI=1S/C7H13NO3/c1-3-4-5(8)6(11-2)7(9)10/h3-6H,8H2,1-2H3,(H,9,10)/b4-3+. The number of carboxylic acids is 1. The summed E-state index contributed by atoms with van der Waals surface area (Å²) in [5, 5.41) is 8.53. The van der Waals surface area contributed by atoms with Gasteiger partial charge < -0.3 is 15.6 Å². The number of carbonyl (C=O) groups is 1. The Balaban J connectivity index is 4.13. The van der Waals surface area contributed by atoms with Crippen molar-refractivity contribution in [1.29, 1.82) is 0 Å². The molecule has 0 rings (SSSR count). The summed E-state index contributed by atoms with van der Waals surface area (Å²) in [6, 6.07) is -0.581. The van der Waals surface area contributed by atoms with Crippen LogP contribution in [0.3, 0.4) is 0 Å². The van der Waals surface area contributed by atoms with Crippen molar-refractivity contribution >= 4 is 5.97 Å². The molecule has 0 saturated heterocycles. The summed E-state index contributed by atoms with van der Waals surface area (Å²) in [6.45, 7) is 1.77. The molecule has 0 amide bonds. The van der Waals surface area contributed by atoms with Gasteiger partial charge in [-0.2, -0.15) is 0 Å². The second-order valence-electron chi connectivity index (χ2n) is 2.10. The van der Waals surface area contributed by atoms with Crippen molar-refractivity contribution in [3.05, 3.63) is 12.2 Å². The van der Waals surface area contributed by atoms with Gasteiger partial charge in [0.2, 0.25) is 0 Å². The van der Waals surface area contributed by atoms with Crippen LogP contribution in [-0.4, -0.2) is 30.3 Å². The van der Waals surface area contributed by atoms with Crippen molar-refractivity contribution in [1.82, 2.24) is 0 Å². The molecule has 0 aromatic rings. The Hall–Kier alpha value is -0.870. The van der Waals surface area contributed by atoms with Gasteiger partial charge in [0.1, 0.15) is 0 Å². The van der Waals surface area contributed by atoms with Crippen LogP contribution in [0.2, 0.25) is 0 Å². The maximum absolute atomic E-state index is 10.4. The van der Waals surface area contributed by atoms with Gasteiger partial charge in [-0.15, -0.1) is 0 Å². The number of methoxy groups -OCH3 is 1. The summed E-state index contributed by atoms with van der Waals surface area (Å²) in [6.07, 6.45) is 2.33. The zero-order valence-electron chi connectivity index (χ0n) is 6.65. The normalized spacial score (nSPS) is 16.6. The second-order valence-corrected chi connectivity index (χ2v) is 2.10. The fraction of sp³-hybridized carbons (Fsp3) is 0.571. The smallest absolute Gasteiger partial charge is 0.334 e. The molecule has 2 atom stereocenters. The molecule has 4 nitrogen and oxygen atoms in total. The molecular formula is C7H13NO3. The fourth-order valence-electron chi connectivity index (χ4n) is 0.746. The Morgan fingerprint density at radius 1 is 1.73 bits per heavy atom. The third-order valence-corrected chi connectivity index (χ3v) is 1.26. The van der Waals surface area contributed by atoms with Gasteiger partial charge in [0.15, 0.2) is 6.10 Å². The molecule has 0 aromatic heterocycles. The molecule has 4 heteroatoms. The van der Waals surface area contributed by atoms with Crippen LogP contribution in [-0.2, 0) is 9.53 Å². The number of nitrogens with two attached hydrogens (primary N) is 1. The molecule has 0 bridgehead atoms. The summed E-state index contributed by atoms with van der Waals surface area (Å²) in [4.78, 5) is 10.4. The van der Waals surface area contributed by atoms with E-state index in [0.717, 1.165) is 0 Å². The Morgan fingerprint density at radius 3 is 2.55 bits per heavy atom. The minimum Gasteiger partial charge on any atom is -0.479 e. The highest BCUT2D eigenvalue weighted by molar-refractivity contribution is 5.73. The van der Waals surface area contributed by atoms with E-state index in [2.05, 4.69) is 4.74 Å². The summed E-state index contributed by atoms with van der Waals surface area (Å²) < 4.78 is 4.65. The maximum atomic E-state index is 10.4. The molecule has 0 aliphatic heterocycles. The van der Waals surface area contributed by atoms with Crippen LogP contribution in [0.25, 0.3) is 0 Å². The highest BCUT2D eigenvalue weighted by atomic mass is 16.5. The number of carboxylic acid groups (broad SMARTS) is 1. The van der Waals surface area contributed by atoms with Crippen molar-refractivity contribution in [2.45, 2.75) is 19.1 Å². The Labute approximate surface area is 65.6 Å². The summed E-state index contributed by atoms with van der Waals surface area (Å²) in [5.74, 6) is -1.04. The number of aliphatic carboxylic acids is 1. The lowest BCUT2D eigenvalue weighted by Gasteiger charge is -2.14. The van der Waals surface area contributed by atoms with Gasteiger partial charge in [0.05, 0.1) is 6.04 Å². The number of ether oxygens (including phenoxy) is 1. The van der Waals surface area contributed by atoms with Crippen LogP contribution in [0.4, 0.5) is 0 Å². The predicted octanol–water partition coefficient (Wildman–Crippen LogP) is -0.0106. The maximum Gasteiger partial charge on any atom is 0.334 e. The molecular weight excluding hydrogens is 146 g/mol. The van der Waals surface area contributed by atoms with E-state index in [-0.39, 0.29) is 0 Å². The van der Waals surface area contributed by atoms with Crippen LogP contribution in [0.5, 0.6) is 0 Å². The van der Waals surface area contributed by atoms with Crippen LogP contribution in [0.1, 0.15) is 6.92 Å². The third-order valence-electron chi connectivity index (χ3n) is 1.26. The molecule has 2 unspecified atom stereocenters. The largest absolute Gasteiger partial charge is 0.479 e. The van der Waals surface area contributed by atoms with E-state index in [0.29, 0.717) is 0 Å². The minimum absolute atomic E-state index is 0.581. The van der Waals surface area contributed by atoms with Gasteiger partial charge in [0.25, 0.3) is 0 Å². The van der Waals surface area contributed by atoms with Gasteiger partial charge in [-0.1, -0.05) is 12.2 Å². The minimum atomic E-state index is -1.04. The molecule has 11 heavy (non-hydrogen) atoms. The van der Waals surface area contributed by atoms with Crippen LogP contribution >= 0.6 is 0 Å². The second kappa shape index (κ2) is 4.87. The van der Waals surface area contributed by atoms with Crippen LogP contribution in [0, 0.1) is 0 Å². The average molecular weight is 159 g/mol. The predicted molar refractivity (Wildman–Crippen MR) is 41.2 cm³/mol. The lowest BCUT2D eigenvalue weighted by atomic mass is 10.1. The molecule has 0 aromatic carbocycles. The lowest BCUT2D eigenvalue weighted by molar-refractivity contribution is -0.148. The highest BCUT2D eigenvalue weighted by Gasteiger charge is 2.21. The van der Waals surface area contributed by atoms with Crippen molar-refractivity contribution < 1.29 is 14.6 Å². The zero-order valence-corrected chi connectivity index (χ0v) is 6.65. The van der Waals surface area contributed by atoms with E-state index in [4.69, 9.17) is 10.8 Å². The van der Waals surface area contributed by atoms with Crippen LogP contribution < -0.4 is 5.73 Å². The fourth-order valence-corrected chi connectivity index (χ4v) is 0.746. The lowest BCUT2D eigenvalue weighted by Crippen LogP contribution is -2.40. The van der Waals surface area contributed by atoms with E-state index in [1.807, 2.05) is 0 Å². The van der Waals surface area contributed by atoms with Gasteiger partial charge in [0, 0.05) is 7.11 Å². The molecule has 0 aliphatic rings. The van der Waals surface area contributed by atoms with Crippen molar-refractivity contribution in [2.75, 3.05) is 7.11 Å². The molecule has 0 fully saturated rings. The Morgan fingerprint density at radius 2 is 2.27 bits per heavy atom. The van der Waals surface area contributed by atoms with Crippen LogP contribution in [0.15, 0.2) is 12.2 Å². The molecule has 64 valence electrons. The van der Waals surface area contributed by atoms with Gasteiger partial charge >= 0.3 is 5.97 Å². The topological polar surface area (TPSA) is 72.5 Å². The van der Waals surface area contributed by atoms with Gasteiger partial charge in [-0.05, 0) is 6.92 Å². The first-order chi connectivity index (χ1) is 5.13. The summed E-state index contributed by atoms with van der Waals surface area (Å²) >= 11 is 0. The molecule has 0 saturated carbocycles. The summed E-state index contributed by atoms with van der Waals surface area (Å²) in [5.41, 5.74) is 5.45. The first-order valence-corrected chi connectivity index (χ1v) is 3.27. The molecule has 3 N–H and O–H groups in total. The summed E-state index contributed by atoms with van der Waals surface area (Å²) in [7, 11) is 1.32. The number of allylic oxidation sites excluding steroid dienone is 1. The Kier molecular flexibility index (Phi) is 4.49. The molecule has 0 aliphatic carbocycles. The quantitative estimate of drug-likeness (QED) is 0.566. The first-order valence-electron chi connectivity index (χ1n) is 3.27. The molecule has 0 heterocycles. The zero-order chi connectivity index (χ0) is 8.85. The monoisotopic (exact) mass is 159 g/mol. The average Bonchev–Trinajstić information content (AvgIpc) is 1.88. The van der Waals surface area contributed by atoms with Crippen molar-refractivity contribution in [3.8, 4) is 0 Å². The highest BCUT2D eigenvalue weighted by Crippen LogP contribution is 1.97. The van der Waals surface area contributed by atoms with Crippen molar-refractivity contribution in [3.63, 3.8) is 0 Å². The van der Waals surface area contributed by atoms with E-state index in [1.54, 1.807) is 19.1 Å². The van der Waals surface area contributed by atoms with Gasteiger partial charge in [-0.25, -0.2) is 4.79 Å². The van der Waals surface area contributed by atoms with E-state index in [1.165, 1.54) is 7.11 Å².